The summed E-state index contributed by atoms with van der Waals surface area (Å²) < 4.78 is 0. The summed E-state index contributed by atoms with van der Waals surface area (Å²) in [7, 11) is 0. The molecule has 0 amide bonds. The summed E-state index contributed by atoms with van der Waals surface area (Å²) in [4.78, 5) is 0. The van der Waals surface area contributed by atoms with E-state index < -0.39 is 0 Å². The van der Waals surface area contributed by atoms with Crippen molar-refractivity contribution in [3.8, 4) is 5.75 Å². The van der Waals surface area contributed by atoms with Crippen LogP contribution in [-0.4, -0.2) is 0 Å². The molecule has 1 radical (unpaired) electrons. The predicted molar refractivity (Wildman–Crippen MR) is 49.1 cm³/mol. The van der Waals surface area contributed by atoms with Gasteiger partial charge in [-0.25, -0.2) is 0 Å². The first-order valence-corrected chi connectivity index (χ1v) is 4.00. The van der Waals surface area contributed by atoms with Crippen LogP contribution in [0.5, 0.6) is 5.75 Å². The lowest BCUT2D eigenvalue weighted by Crippen LogP contribution is -1.72. The Balaban J connectivity index is 2.88. The van der Waals surface area contributed by atoms with Crippen LogP contribution < -0.4 is 0 Å². The Labute approximate surface area is 75.2 Å². The maximum Gasteiger partial charge on any atom is 0.186 e. The van der Waals surface area contributed by atoms with Crippen LogP contribution in [0.1, 0.15) is 0 Å². The molecular weight excluding hydrogens is 172 g/mol. The highest BCUT2D eigenvalue weighted by Crippen LogP contribution is 2.27. The van der Waals surface area contributed by atoms with Crippen LogP contribution in [-0.2, 0) is 5.11 Å². The van der Waals surface area contributed by atoms with E-state index >= 15 is 0 Å². The van der Waals surface area contributed by atoms with Gasteiger partial charge in [-0.1, -0.05) is 29.8 Å². The number of halogens is 1. The molecule has 0 N–H and O–H groups in total. The van der Waals surface area contributed by atoms with Crippen molar-refractivity contribution in [2.24, 2.45) is 0 Å². The van der Waals surface area contributed by atoms with Crippen molar-refractivity contribution in [1.29, 1.82) is 0 Å². The monoisotopic (exact) mass is 177 g/mol. The lowest BCUT2D eigenvalue weighted by molar-refractivity contribution is 0.360. The van der Waals surface area contributed by atoms with Gasteiger partial charge in [-0.3, -0.25) is 5.11 Å². The second-order valence-corrected chi connectivity index (χ2v) is 3.06. The van der Waals surface area contributed by atoms with Crippen molar-refractivity contribution in [3.05, 3.63) is 41.4 Å². The molecule has 0 heterocycles. The van der Waals surface area contributed by atoms with Gasteiger partial charge in [0, 0.05) is 10.4 Å². The lowest BCUT2D eigenvalue weighted by Gasteiger charge is -1.97. The molecule has 0 atom stereocenters. The van der Waals surface area contributed by atoms with E-state index in [0.717, 1.165) is 5.39 Å². The number of fused-ring (bicyclic) bond motifs is 1. The number of benzene rings is 2. The highest BCUT2D eigenvalue weighted by molar-refractivity contribution is 6.31. The van der Waals surface area contributed by atoms with Crippen molar-refractivity contribution >= 4 is 22.4 Å². The SMILES string of the molecule is [O]c1cccc2ccc(Cl)cc12. The van der Waals surface area contributed by atoms with Crippen LogP contribution in [0.3, 0.4) is 0 Å². The van der Waals surface area contributed by atoms with Gasteiger partial charge in [0.05, 0.1) is 0 Å². The molecular formula is C10H6ClO. The van der Waals surface area contributed by atoms with Gasteiger partial charge in [-0.05, 0) is 23.6 Å². The Morgan fingerprint density at radius 3 is 2.75 bits per heavy atom. The minimum atomic E-state index is 0.0231. The van der Waals surface area contributed by atoms with Gasteiger partial charge in [0.1, 0.15) is 0 Å². The Morgan fingerprint density at radius 1 is 1.08 bits per heavy atom. The summed E-state index contributed by atoms with van der Waals surface area (Å²) in [5, 5.41) is 13.5. The van der Waals surface area contributed by atoms with E-state index in [1.165, 1.54) is 0 Å². The number of hydrogen-bond donors (Lipinski definition) is 0. The predicted octanol–water partition coefficient (Wildman–Crippen LogP) is 3.64. The number of hydrogen-bond acceptors (Lipinski definition) is 0. The highest BCUT2D eigenvalue weighted by atomic mass is 35.5. The Morgan fingerprint density at radius 2 is 1.92 bits per heavy atom. The zero-order valence-electron chi connectivity index (χ0n) is 6.25. The Kier molecular flexibility index (Phi) is 1.66. The molecule has 0 saturated carbocycles. The summed E-state index contributed by atoms with van der Waals surface area (Å²) in [5.41, 5.74) is 0. The quantitative estimate of drug-likeness (QED) is 0.586. The summed E-state index contributed by atoms with van der Waals surface area (Å²) in [6, 6.07) is 10.5. The van der Waals surface area contributed by atoms with Gasteiger partial charge in [-0.15, -0.1) is 0 Å². The van der Waals surface area contributed by atoms with Crippen LogP contribution in [0, 0.1) is 0 Å². The molecule has 0 aliphatic heterocycles. The van der Waals surface area contributed by atoms with Crippen LogP contribution in [0.4, 0.5) is 0 Å². The summed E-state index contributed by atoms with van der Waals surface area (Å²) >= 11 is 5.75. The van der Waals surface area contributed by atoms with E-state index in [0.29, 0.717) is 10.4 Å². The molecule has 0 unspecified atom stereocenters. The fourth-order valence-corrected chi connectivity index (χ4v) is 1.39. The molecule has 1 nitrogen and oxygen atoms in total. The minimum absolute atomic E-state index is 0.0231. The minimum Gasteiger partial charge on any atom is -0.289 e. The average molecular weight is 178 g/mol. The highest BCUT2D eigenvalue weighted by Gasteiger charge is 1.99. The molecule has 0 spiro atoms. The first kappa shape index (κ1) is 7.44. The topological polar surface area (TPSA) is 19.9 Å². The third-order valence-corrected chi connectivity index (χ3v) is 2.04. The molecule has 2 heteroatoms. The van der Waals surface area contributed by atoms with E-state index in [2.05, 4.69) is 0 Å². The first-order valence-electron chi connectivity index (χ1n) is 3.63. The molecule has 12 heavy (non-hydrogen) atoms. The maximum atomic E-state index is 11.3. The van der Waals surface area contributed by atoms with Crippen LogP contribution >= 0.6 is 11.6 Å². The molecule has 0 aliphatic carbocycles. The van der Waals surface area contributed by atoms with Crippen molar-refractivity contribution in [1.82, 2.24) is 0 Å². The maximum absolute atomic E-state index is 11.3. The van der Waals surface area contributed by atoms with Gasteiger partial charge in [-0.2, -0.15) is 0 Å². The first-order chi connectivity index (χ1) is 5.77. The van der Waals surface area contributed by atoms with E-state index in [4.69, 9.17) is 11.6 Å². The normalized spacial score (nSPS) is 10.4. The van der Waals surface area contributed by atoms with Crippen molar-refractivity contribution in [2.45, 2.75) is 0 Å². The molecule has 0 aromatic heterocycles. The smallest absolute Gasteiger partial charge is 0.186 e. The second kappa shape index (κ2) is 2.68. The van der Waals surface area contributed by atoms with E-state index in [9.17, 15) is 5.11 Å². The molecule has 0 aliphatic rings. The molecule has 2 aromatic rings. The van der Waals surface area contributed by atoms with Crippen molar-refractivity contribution in [3.63, 3.8) is 0 Å². The van der Waals surface area contributed by atoms with Gasteiger partial charge in [0.15, 0.2) is 5.75 Å². The van der Waals surface area contributed by atoms with Crippen LogP contribution in [0.15, 0.2) is 36.4 Å². The third kappa shape index (κ3) is 1.12. The second-order valence-electron chi connectivity index (χ2n) is 2.62. The molecule has 0 bridgehead atoms. The Hall–Kier alpha value is -1.21. The van der Waals surface area contributed by atoms with Crippen LogP contribution in [0.25, 0.3) is 10.8 Å². The lowest BCUT2D eigenvalue weighted by atomic mass is 10.1. The summed E-state index contributed by atoms with van der Waals surface area (Å²) in [5.74, 6) is 0.0231. The number of rotatable bonds is 0. The van der Waals surface area contributed by atoms with Gasteiger partial charge >= 0.3 is 0 Å². The van der Waals surface area contributed by atoms with Crippen LogP contribution in [0.2, 0.25) is 5.02 Å². The van der Waals surface area contributed by atoms with Gasteiger partial charge in [0.25, 0.3) is 0 Å². The largest absolute Gasteiger partial charge is 0.289 e. The molecule has 2 aromatic carbocycles. The van der Waals surface area contributed by atoms with Crippen molar-refractivity contribution in [2.75, 3.05) is 0 Å². The Bertz CT molecular complexity index is 423. The molecule has 0 saturated heterocycles. The van der Waals surface area contributed by atoms with E-state index in [1.807, 2.05) is 12.1 Å². The third-order valence-electron chi connectivity index (χ3n) is 1.80. The van der Waals surface area contributed by atoms with Crippen molar-refractivity contribution < 1.29 is 5.11 Å². The zero-order valence-corrected chi connectivity index (χ0v) is 7.01. The molecule has 0 fully saturated rings. The van der Waals surface area contributed by atoms with E-state index in [-0.39, 0.29) is 5.75 Å². The fraction of sp³-hybridized carbons (Fsp3) is 0. The standard InChI is InChI=1S/C10H6ClO/c11-8-5-4-7-2-1-3-10(12)9(7)6-8/h1-6H. The summed E-state index contributed by atoms with van der Waals surface area (Å²) in [6.45, 7) is 0. The zero-order chi connectivity index (χ0) is 8.55. The van der Waals surface area contributed by atoms with Gasteiger partial charge < -0.3 is 0 Å². The molecule has 2 rings (SSSR count). The summed E-state index contributed by atoms with van der Waals surface area (Å²) in [6.07, 6.45) is 0. The average Bonchev–Trinajstić information content (AvgIpc) is 2.07. The molecule has 59 valence electrons. The van der Waals surface area contributed by atoms with Gasteiger partial charge in [0.2, 0.25) is 0 Å². The van der Waals surface area contributed by atoms with E-state index in [1.54, 1.807) is 24.3 Å². The fourth-order valence-electron chi connectivity index (χ4n) is 1.22.